The van der Waals surface area contributed by atoms with Crippen molar-refractivity contribution in [3.05, 3.63) is 75.5 Å². The lowest BCUT2D eigenvalue weighted by Crippen LogP contribution is -2.16. The van der Waals surface area contributed by atoms with Gasteiger partial charge in [0.1, 0.15) is 12.7 Å². The predicted octanol–water partition coefficient (Wildman–Crippen LogP) is 8.81. The smallest absolute Gasteiger partial charge is 0.489 e. The molecule has 0 aliphatic heterocycles. The van der Waals surface area contributed by atoms with Crippen LogP contribution in [0.25, 0.3) is 0 Å². The third kappa shape index (κ3) is 9.92. The molecule has 0 spiro atoms. The van der Waals surface area contributed by atoms with E-state index in [-0.39, 0.29) is 46.1 Å². The van der Waals surface area contributed by atoms with E-state index in [9.17, 15) is 22.4 Å². The summed E-state index contributed by atoms with van der Waals surface area (Å²) in [6, 6.07) is 8.41. The lowest BCUT2D eigenvalue weighted by Gasteiger charge is -2.21. The molecule has 2 aromatic carbocycles. The Hall–Kier alpha value is -3.64. The molecule has 2 fully saturated rings. The van der Waals surface area contributed by atoms with Gasteiger partial charge < -0.3 is 28.4 Å². The molecular formula is C31H29Cl2F4NO7. The van der Waals surface area contributed by atoms with E-state index in [0.717, 1.165) is 25.7 Å². The highest BCUT2D eigenvalue weighted by atomic mass is 35.5. The standard InChI is InChI=1S/C31H29Cl2F4NO7/c32-22-12-38-13-23(33)21(22)11-26(20-6-8-25(44-30(36)37)28(10-20)41-15-18-3-4-18)45-31(39)42-16-19-5-7-24(43-29(34)35)27(9-19)40-14-17-1-2-17/h5-10,12-13,17-18,26,29-30H,1-4,11,14-16H2/t26-/m0/s1. The highest BCUT2D eigenvalue weighted by Crippen LogP contribution is 2.38. The van der Waals surface area contributed by atoms with Gasteiger partial charge in [-0.3, -0.25) is 4.98 Å². The quantitative estimate of drug-likeness (QED) is 0.110. The second-order valence-electron chi connectivity index (χ2n) is 10.7. The maximum Gasteiger partial charge on any atom is 0.509 e. The van der Waals surface area contributed by atoms with Crippen molar-refractivity contribution in [3.8, 4) is 23.0 Å². The Labute approximate surface area is 266 Å². The van der Waals surface area contributed by atoms with Crippen LogP contribution in [0, 0.1) is 11.8 Å². The second-order valence-corrected chi connectivity index (χ2v) is 11.5. The summed E-state index contributed by atoms with van der Waals surface area (Å²) in [5.74, 6) is 0.519. The maximum atomic E-state index is 13.1. The average molecular weight is 674 g/mol. The topological polar surface area (TPSA) is 85.3 Å². The van der Waals surface area contributed by atoms with Gasteiger partial charge in [-0.15, -0.1) is 0 Å². The summed E-state index contributed by atoms with van der Waals surface area (Å²) in [6.45, 7) is -5.74. The Kier molecular flexibility index (Phi) is 11.0. The summed E-state index contributed by atoms with van der Waals surface area (Å²) in [4.78, 5) is 16.9. The summed E-state index contributed by atoms with van der Waals surface area (Å²) in [6.07, 6.45) is 4.53. The van der Waals surface area contributed by atoms with Gasteiger partial charge in [0.05, 0.1) is 23.3 Å². The summed E-state index contributed by atoms with van der Waals surface area (Å²) < 4.78 is 83.6. The van der Waals surface area contributed by atoms with Crippen LogP contribution in [0.5, 0.6) is 23.0 Å². The van der Waals surface area contributed by atoms with Crippen molar-refractivity contribution in [2.75, 3.05) is 13.2 Å². The van der Waals surface area contributed by atoms with Crippen molar-refractivity contribution < 1.29 is 50.8 Å². The first kappa shape index (κ1) is 32.7. The molecule has 0 amide bonds. The fourth-order valence-electron chi connectivity index (χ4n) is 4.30. The highest BCUT2D eigenvalue weighted by Gasteiger charge is 2.27. The molecular weight excluding hydrogens is 645 g/mol. The molecule has 0 saturated heterocycles. The van der Waals surface area contributed by atoms with E-state index in [1.165, 1.54) is 48.8 Å². The Bertz CT molecular complexity index is 1450. The first-order chi connectivity index (χ1) is 21.6. The van der Waals surface area contributed by atoms with Gasteiger partial charge in [-0.1, -0.05) is 35.3 Å². The van der Waals surface area contributed by atoms with Gasteiger partial charge >= 0.3 is 19.4 Å². The minimum atomic E-state index is -3.08. The molecule has 2 saturated carbocycles. The van der Waals surface area contributed by atoms with Crippen molar-refractivity contribution in [1.82, 2.24) is 4.98 Å². The second kappa shape index (κ2) is 15.1. The predicted molar refractivity (Wildman–Crippen MR) is 155 cm³/mol. The van der Waals surface area contributed by atoms with E-state index in [1.807, 2.05) is 0 Å². The summed E-state index contributed by atoms with van der Waals surface area (Å²) >= 11 is 12.7. The Morgan fingerprint density at radius 3 is 1.91 bits per heavy atom. The third-order valence-corrected chi connectivity index (χ3v) is 7.71. The molecule has 1 atom stereocenters. The molecule has 0 N–H and O–H groups in total. The van der Waals surface area contributed by atoms with Crippen molar-refractivity contribution >= 4 is 29.4 Å². The number of nitrogens with zero attached hydrogens (tertiary/aromatic N) is 1. The summed E-state index contributed by atoms with van der Waals surface area (Å²) in [5, 5.41) is 0.439. The van der Waals surface area contributed by atoms with Crippen molar-refractivity contribution in [1.29, 1.82) is 0 Å². The minimum absolute atomic E-state index is 0.0226. The largest absolute Gasteiger partial charge is 0.509 e. The molecule has 2 aliphatic rings. The van der Waals surface area contributed by atoms with Crippen molar-refractivity contribution in [2.45, 2.75) is 58.0 Å². The van der Waals surface area contributed by atoms with E-state index >= 15 is 0 Å². The summed E-state index contributed by atoms with van der Waals surface area (Å²) in [7, 11) is 0. The van der Waals surface area contributed by atoms with E-state index < -0.39 is 25.5 Å². The number of carbonyl (C=O) groups is 1. The van der Waals surface area contributed by atoms with Crippen LogP contribution in [0.4, 0.5) is 22.4 Å². The Morgan fingerprint density at radius 2 is 1.36 bits per heavy atom. The first-order valence-electron chi connectivity index (χ1n) is 14.2. The fraction of sp³-hybridized carbons (Fsp3) is 0.419. The number of pyridine rings is 1. The number of benzene rings is 2. The number of alkyl halides is 4. The number of hydrogen-bond donors (Lipinski definition) is 0. The lowest BCUT2D eigenvalue weighted by molar-refractivity contribution is -0.0521. The molecule has 3 aromatic rings. The molecule has 14 heteroatoms. The molecule has 0 unspecified atom stereocenters. The summed E-state index contributed by atoms with van der Waals surface area (Å²) in [5.41, 5.74) is 1.22. The fourth-order valence-corrected chi connectivity index (χ4v) is 4.82. The van der Waals surface area contributed by atoms with Crippen LogP contribution in [0.1, 0.15) is 48.5 Å². The first-order valence-corrected chi connectivity index (χ1v) is 14.9. The molecule has 2 aliphatic carbocycles. The van der Waals surface area contributed by atoms with Crippen LogP contribution < -0.4 is 18.9 Å². The van der Waals surface area contributed by atoms with E-state index in [4.69, 9.17) is 42.1 Å². The molecule has 1 heterocycles. The van der Waals surface area contributed by atoms with Gasteiger partial charge in [0.2, 0.25) is 0 Å². The zero-order valence-electron chi connectivity index (χ0n) is 23.7. The van der Waals surface area contributed by atoms with Crippen molar-refractivity contribution in [3.63, 3.8) is 0 Å². The highest BCUT2D eigenvalue weighted by molar-refractivity contribution is 6.35. The van der Waals surface area contributed by atoms with E-state index in [0.29, 0.717) is 41.7 Å². The molecule has 45 heavy (non-hydrogen) atoms. The number of rotatable bonds is 16. The van der Waals surface area contributed by atoms with Gasteiger partial charge in [0.25, 0.3) is 0 Å². The van der Waals surface area contributed by atoms with Crippen LogP contribution in [-0.2, 0) is 22.5 Å². The van der Waals surface area contributed by atoms with Gasteiger partial charge in [-0.2, -0.15) is 17.6 Å². The zero-order valence-corrected chi connectivity index (χ0v) is 25.2. The van der Waals surface area contributed by atoms with Crippen LogP contribution in [0.2, 0.25) is 10.0 Å². The number of halogens is 6. The maximum absolute atomic E-state index is 13.1. The Balaban J connectivity index is 1.33. The number of aromatic nitrogens is 1. The molecule has 8 nitrogen and oxygen atoms in total. The number of ether oxygens (including phenoxy) is 6. The monoisotopic (exact) mass is 673 g/mol. The normalized spacial score (nSPS) is 15.1. The van der Waals surface area contributed by atoms with Crippen LogP contribution in [0.3, 0.4) is 0 Å². The molecule has 5 rings (SSSR count). The zero-order chi connectivity index (χ0) is 31.9. The van der Waals surface area contributed by atoms with Crippen molar-refractivity contribution in [2.24, 2.45) is 11.8 Å². The number of hydrogen-bond acceptors (Lipinski definition) is 8. The Morgan fingerprint density at radius 1 is 0.800 bits per heavy atom. The average Bonchev–Trinajstić information content (AvgIpc) is 3.92. The van der Waals surface area contributed by atoms with Crippen LogP contribution in [-0.4, -0.2) is 37.6 Å². The van der Waals surface area contributed by atoms with Gasteiger partial charge in [-0.25, -0.2) is 4.79 Å². The lowest BCUT2D eigenvalue weighted by atomic mass is 10.0. The van der Waals surface area contributed by atoms with Crippen LogP contribution in [0.15, 0.2) is 48.8 Å². The molecule has 242 valence electrons. The molecule has 0 radical (unpaired) electrons. The SMILES string of the molecule is O=C(OCc1ccc(OC(F)F)c(OCC2CC2)c1)O[C@@H](Cc1c(Cl)cncc1Cl)c1ccc(OC(F)F)c(OCC2CC2)c1. The number of carbonyl (C=O) groups excluding carboxylic acids is 1. The van der Waals surface area contributed by atoms with Gasteiger partial charge in [0.15, 0.2) is 23.0 Å². The van der Waals surface area contributed by atoms with Crippen LogP contribution >= 0.6 is 23.2 Å². The van der Waals surface area contributed by atoms with Gasteiger partial charge in [-0.05, 0) is 78.5 Å². The van der Waals surface area contributed by atoms with E-state index in [1.54, 1.807) is 0 Å². The molecule has 1 aromatic heterocycles. The third-order valence-electron chi connectivity index (χ3n) is 7.06. The van der Waals surface area contributed by atoms with E-state index in [2.05, 4.69) is 14.5 Å². The minimum Gasteiger partial charge on any atom is -0.489 e. The van der Waals surface area contributed by atoms with Gasteiger partial charge in [0, 0.05) is 18.8 Å². The molecule has 0 bridgehead atoms.